The van der Waals surface area contributed by atoms with Gasteiger partial charge in [-0.15, -0.1) is 0 Å². The molecule has 3 heteroatoms. The molecule has 0 rings (SSSR count). The van der Waals surface area contributed by atoms with E-state index in [1.807, 2.05) is 7.05 Å². The fraction of sp³-hybridized carbons (Fsp3) is 0.625. The summed E-state index contributed by atoms with van der Waals surface area (Å²) in [4.78, 5) is 10.7. The molecule has 64 valence electrons. The van der Waals surface area contributed by atoms with E-state index >= 15 is 0 Å². The number of esters is 1. The highest BCUT2D eigenvalue weighted by Crippen LogP contribution is 1.84. The van der Waals surface area contributed by atoms with Crippen LogP contribution in [0.4, 0.5) is 0 Å². The van der Waals surface area contributed by atoms with Gasteiger partial charge in [0.2, 0.25) is 0 Å². The molecule has 0 radical (unpaired) electrons. The van der Waals surface area contributed by atoms with E-state index in [0.717, 1.165) is 13.0 Å². The number of hydrogen-bond donors (Lipinski definition) is 1. The Morgan fingerprint density at radius 3 is 2.91 bits per heavy atom. The molecule has 0 saturated heterocycles. The second-order valence-corrected chi connectivity index (χ2v) is 2.12. The summed E-state index contributed by atoms with van der Waals surface area (Å²) in [7, 11) is 1.87. The van der Waals surface area contributed by atoms with Crippen LogP contribution in [0.15, 0.2) is 12.2 Å². The number of carbonyl (C=O) groups excluding carboxylic acids is 1. The standard InChI is InChI=1S/C8H15NO2/c1-3-5-8(10)11-7-4-6-9-2/h3,5,9H,4,6-7H2,1-2H3. The Bertz CT molecular complexity index is 132. The Balaban J connectivity index is 3.17. The lowest BCUT2D eigenvalue weighted by Gasteiger charge is -2.00. The van der Waals surface area contributed by atoms with Crippen molar-refractivity contribution in [2.75, 3.05) is 20.2 Å². The first-order chi connectivity index (χ1) is 5.31. The zero-order valence-electron chi connectivity index (χ0n) is 7.09. The number of allylic oxidation sites excluding steroid dienone is 1. The third-order valence-electron chi connectivity index (χ3n) is 1.12. The summed E-state index contributed by atoms with van der Waals surface area (Å²) in [6.07, 6.45) is 3.94. The molecule has 3 nitrogen and oxygen atoms in total. The maximum atomic E-state index is 10.7. The van der Waals surface area contributed by atoms with E-state index in [9.17, 15) is 4.79 Å². The van der Waals surface area contributed by atoms with Crippen molar-refractivity contribution in [3.63, 3.8) is 0 Å². The third kappa shape index (κ3) is 7.06. The highest BCUT2D eigenvalue weighted by molar-refractivity contribution is 5.81. The first kappa shape index (κ1) is 10.2. The molecular formula is C8H15NO2. The summed E-state index contributed by atoms with van der Waals surface area (Å²) in [5.74, 6) is -0.261. The molecule has 0 amide bonds. The third-order valence-corrected chi connectivity index (χ3v) is 1.12. The Morgan fingerprint density at radius 1 is 1.64 bits per heavy atom. The van der Waals surface area contributed by atoms with Crippen LogP contribution in [0.5, 0.6) is 0 Å². The SMILES string of the molecule is CC=CC(=O)OCCCNC. The van der Waals surface area contributed by atoms with Crippen LogP contribution >= 0.6 is 0 Å². The second-order valence-electron chi connectivity index (χ2n) is 2.12. The van der Waals surface area contributed by atoms with Crippen molar-refractivity contribution in [3.8, 4) is 0 Å². The van der Waals surface area contributed by atoms with Crippen molar-refractivity contribution in [2.45, 2.75) is 13.3 Å². The summed E-state index contributed by atoms with van der Waals surface area (Å²) < 4.78 is 4.82. The van der Waals surface area contributed by atoms with Crippen molar-refractivity contribution < 1.29 is 9.53 Å². The molecular weight excluding hydrogens is 142 g/mol. The van der Waals surface area contributed by atoms with Crippen LogP contribution in [-0.2, 0) is 9.53 Å². The second kappa shape index (κ2) is 7.28. The molecule has 0 unspecified atom stereocenters. The van der Waals surface area contributed by atoms with Gasteiger partial charge >= 0.3 is 5.97 Å². The van der Waals surface area contributed by atoms with Gasteiger partial charge in [-0.2, -0.15) is 0 Å². The van der Waals surface area contributed by atoms with Crippen LogP contribution in [0.1, 0.15) is 13.3 Å². The van der Waals surface area contributed by atoms with Crippen LogP contribution in [0.3, 0.4) is 0 Å². The largest absolute Gasteiger partial charge is 0.462 e. The van der Waals surface area contributed by atoms with E-state index in [2.05, 4.69) is 5.32 Å². The van der Waals surface area contributed by atoms with Crippen molar-refractivity contribution >= 4 is 5.97 Å². The molecule has 0 aromatic heterocycles. The van der Waals surface area contributed by atoms with Gasteiger partial charge in [-0.1, -0.05) is 6.08 Å². The van der Waals surface area contributed by atoms with E-state index in [4.69, 9.17) is 4.74 Å². The topological polar surface area (TPSA) is 38.3 Å². The smallest absolute Gasteiger partial charge is 0.330 e. The zero-order valence-corrected chi connectivity index (χ0v) is 7.09. The monoisotopic (exact) mass is 157 g/mol. The molecule has 0 aliphatic carbocycles. The average Bonchev–Trinajstić information content (AvgIpc) is 1.99. The quantitative estimate of drug-likeness (QED) is 0.363. The van der Waals surface area contributed by atoms with Gasteiger partial charge in [0.15, 0.2) is 0 Å². The first-order valence-electron chi connectivity index (χ1n) is 3.75. The van der Waals surface area contributed by atoms with Gasteiger partial charge in [0.1, 0.15) is 0 Å². The number of rotatable bonds is 5. The Morgan fingerprint density at radius 2 is 2.36 bits per heavy atom. The van der Waals surface area contributed by atoms with E-state index in [1.54, 1.807) is 13.0 Å². The number of nitrogens with one attached hydrogen (secondary N) is 1. The molecule has 0 aromatic carbocycles. The number of carbonyl (C=O) groups is 1. The van der Waals surface area contributed by atoms with Gasteiger partial charge in [0, 0.05) is 6.08 Å². The summed E-state index contributed by atoms with van der Waals surface area (Å²) in [5.41, 5.74) is 0. The highest BCUT2D eigenvalue weighted by atomic mass is 16.5. The Labute approximate surface area is 67.4 Å². The van der Waals surface area contributed by atoms with Crippen molar-refractivity contribution in [3.05, 3.63) is 12.2 Å². The zero-order chi connectivity index (χ0) is 8.53. The number of hydrogen-bond acceptors (Lipinski definition) is 3. The van der Waals surface area contributed by atoms with Gasteiger partial charge in [-0.25, -0.2) is 4.79 Å². The van der Waals surface area contributed by atoms with Crippen LogP contribution in [-0.4, -0.2) is 26.2 Å². The highest BCUT2D eigenvalue weighted by Gasteiger charge is 1.93. The van der Waals surface area contributed by atoms with Gasteiger partial charge in [-0.05, 0) is 26.9 Å². The van der Waals surface area contributed by atoms with E-state index in [-0.39, 0.29) is 5.97 Å². The molecule has 1 N–H and O–H groups in total. The first-order valence-corrected chi connectivity index (χ1v) is 3.75. The van der Waals surface area contributed by atoms with Crippen LogP contribution in [0.2, 0.25) is 0 Å². The fourth-order valence-corrected chi connectivity index (χ4v) is 0.606. The predicted molar refractivity (Wildman–Crippen MR) is 44.3 cm³/mol. The molecule has 0 spiro atoms. The fourth-order valence-electron chi connectivity index (χ4n) is 0.606. The maximum Gasteiger partial charge on any atom is 0.330 e. The summed E-state index contributed by atoms with van der Waals surface area (Å²) in [5, 5.41) is 2.96. The molecule has 11 heavy (non-hydrogen) atoms. The lowest BCUT2D eigenvalue weighted by atomic mass is 10.4. The maximum absolute atomic E-state index is 10.7. The summed E-state index contributed by atoms with van der Waals surface area (Å²) in [6.45, 7) is 3.15. The van der Waals surface area contributed by atoms with Crippen LogP contribution < -0.4 is 5.32 Å². The lowest BCUT2D eigenvalue weighted by Crippen LogP contribution is -2.11. The van der Waals surface area contributed by atoms with E-state index < -0.39 is 0 Å². The minimum absolute atomic E-state index is 0.261. The molecule has 0 saturated carbocycles. The van der Waals surface area contributed by atoms with Crippen molar-refractivity contribution in [2.24, 2.45) is 0 Å². The summed E-state index contributed by atoms with van der Waals surface area (Å²) >= 11 is 0. The Hall–Kier alpha value is -0.830. The molecule has 0 aromatic rings. The van der Waals surface area contributed by atoms with E-state index in [1.165, 1.54) is 6.08 Å². The summed E-state index contributed by atoms with van der Waals surface area (Å²) in [6, 6.07) is 0. The van der Waals surface area contributed by atoms with Gasteiger partial charge in [0.25, 0.3) is 0 Å². The minimum Gasteiger partial charge on any atom is -0.462 e. The van der Waals surface area contributed by atoms with Crippen LogP contribution in [0.25, 0.3) is 0 Å². The molecule has 0 aliphatic rings. The lowest BCUT2D eigenvalue weighted by molar-refractivity contribution is -0.137. The number of ether oxygens (including phenoxy) is 1. The normalized spacial score (nSPS) is 10.4. The molecule has 0 aliphatic heterocycles. The van der Waals surface area contributed by atoms with E-state index in [0.29, 0.717) is 6.61 Å². The van der Waals surface area contributed by atoms with Gasteiger partial charge < -0.3 is 10.1 Å². The molecule has 0 fully saturated rings. The van der Waals surface area contributed by atoms with Crippen molar-refractivity contribution in [1.82, 2.24) is 5.32 Å². The van der Waals surface area contributed by atoms with Crippen LogP contribution in [0, 0.1) is 0 Å². The van der Waals surface area contributed by atoms with Gasteiger partial charge in [0.05, 0.1) is 6.61 Å². The average molecular weight is 157 g/mol. The molecule has 0 heterocycles. The van der Waals surface area contributed by atoms with Crippen molar-refractivity contribution in [1.29, 1.82) is 0 Å². The Kier molecular flexibility index (Phi) is 6.73. The minimum atomic E-state index is -0.261. The predicted octanol–water partition coefficient (Wildman–Crippen LogP) is 0.715. The molecule has 0 atom stereocenters. The van der Waals surface area contributed by atoms with Gasteiger partial charge in [-0.3, -0.25) is 0 Å². The molecule has 0 bridgehead atoms.